The molecule has 1 atom stereocenters. The van der Waals surface area contributed by atoms with E-state index in [4.69, 9.17) is 9.72 Å². The average Bonchev–Trinajstić information content (AvgIpc) is 3.38. The highest BCUT2D eigenvalue weighted by atomic mass is 16.6. The maximum Gasteiger partial charge on any atom is 0.415 e. The van der Waals surface area contributed by atoms with Crippen molar-refractivity contribution >= 4 is 28.6 Å². The molecule has 0 spiro atoms. The quantitative estimate of drug-likeness (QED) is 0.584. The molecule has 0 aromatic carbocycles. The highest BCUT2D eigenvalue weighted by Crippen LogP contribution is 2.40. The SMILES string of the molecule is CCC1COC(=O)N1c1nc2c(C)[nH]nc2c(NCc2c[nH]nc2C)c1C(C)C. The summed E-state index contributed by atoms with van der Waals surface area (Å²) in [5.74, 6) is 0.774. The number of aromatic amines is 2. The number of nitrogens with zero attached hydrogens (tertiary/aromatic N) is 4. The summed E-state index contributed by atoms with van der Waals surface area (Å²) >= 11 is 0. The van der Waals surface area contributed by atoms with Crippen molar-refractivity contribution in [3.05, 3.63) is 28.7 Å². The summed E-state index contributed by atoms with van der Waals surface area (Å²) in [5, 5.41) is 18.2. The van der Waals surface area contributed by atoms with E-state index < -0.39 is 0 Å². The lowest BCUT2D eigenvalue weighted by Gasteiger charge is -2.26. The second-order valence-corrected chi connectivity index (χ2v) is 7.78. The molecule has 0 aliphatic carbocycles. The Morgan fingerprint density at radius 1 is 1.31 bits per heavy atom. The third-order valence-corrected chi connectivity index (χ3v) is 5.51. The van der Waals surface area contributed by atoms with Gasteiger partial charge >= 0.3 is 6.09 Å². The van der Waals surface area contributed by atoms with Crippen molar-refractivity contribution in [2.75, 3.05) is 16.8 Å². The number of carbonyl (C=O) groups is 1. The number of hydrogen-bond acceptors (Lipinski definition) is 6. The third kappa shape index (κ3) is 3.20. The van der Waals surface area contributed by atoms with E-state index in [1.54, 1.807) is 4.90 Å². The predicted octanol–water partition coefficient (Wildman–Crippen LogP) is 3.77. The molecule has 3 aromatic rings. The topological polar surface area (TPSA) is 112 Å². The second-order valence-electron chi connectivity index (χ2n) is 7.78. The Morgan fingerprint density at radius 3 is 2.76 bits per heavy atom. The minimum Gasteiger partial charge on any atom is -0.447 e. The Morgan fingerprint density at radius 2 is 2.10 bits per heavy atom. The van der Waals surface area contributed by atoms with Gasteiger partial charge in [-0.3, -0.25) is 15.1 Å². The number of amides is 1. The summed E-state index contributed by atoms with van der Waals surface area (Å²) in [7, 11) is 0. The van der Waals surface area contributed by atoms with Crippen LogP contribution in [0.25, 0.3) is 11.0 Å². The van der Waals surface area contributed by atoms with Crippen LogP contribution in [0, 0.1) is 13.8 Å². The summed E-state index contributed by atoms with van der Waals surface area (Å²) < 4.78 is 5.35. The zero-order valence-electron chi connectivity index (χ0n) is 17.5. The minimum absolute atomic E-state index is 0.0267. The van der Waals surface area contributed by atoms with Gasteiger partial charge in [-0.15, -0.1) is 0 Å². The Hall–Kier alpha value is -3.10. The maximum absolute atomic E-state index is 12.6. The van der Waals surface area contributed by atoms with Crippen molar-refractivity contribution in [1.82, 2.24) is 25.4 Å². The van der Waals surface area contributed by atoms with Gasteiger partial charge in [0.15, 0.2) is 0 Å². The molecule has 4 heterocycles. The normalized spacial score (nSPS) is 16.8. The van der Waals surface area contributed by atoms with Crippen molar-refractivity contribution in [2.45, 2.75) is 59.5 Å². The summed E-state index contributed by atoms with van der Waals surface area (Å²) in [6.07, 6.45) is 2.34. The average molecular weight is 397 g/mol. The van der Waals surface area contributed by atoms with Crippen LogP contribution in [0.4, 0.5) is 16.3 Å². The predicted molar refractivity (Wildman–Crippen MR) is 111 cm³/mol. The van der Waals surface area contributed by atoms with Gasteiger partial charge in [0.2, 0.25) is 0 Å². The van der Waals surface area contributed by atoms with Crippen molar-refractivity contribution in [3.8, 4) is 0 Å². The van der Waals surface area contributed by atoms with Crippen LogP contribution in [0.2, 0.25) is 0 Å². The number of cyclic esters (lactones) is 1. The molecule has 0 saturated carbocycles. The Bertz CT molecular complexity index is 1050. The van der Waals surface area contributed by atoms with E-state index in [1.807, 2.05) is 20.0 Å². The van der Waals surface area contributed by atoms with Crippen LogP contribution in [-0.4, -0.2) is 44.1 Å². The van der Waals surface area contributed by atoms with Gasteiger partial charge in [-0.1, -0.05) is 20.8 Å². The second kappa shape index (κ2) is 7.38. The molecule has 1 aliphatic rings. The van der Waals surface area contributed by atoms with Gasteiger partial charge in [-0.2, -0.15) is 10.2 Å². The molecule has 1 fully saturated rings. The molecule has 154 valence electrons. The van der Waals surface area contributed by atoms with Crippen molar-refractivity contribution in [1.29, 1.82) is 0 Å². The fourth-order valence-corrected chi connectivity index (χ4v) is 3.82. The van der Waals surface area contributed by atoms with Gasteiger partial charge in [0, 0.05) is 23.9 Å². The highest BCUT2D eigenvalue weighted by Gasteiger charge is 2.37. The van der Waals surface area contributed by atoms with Crippen LogP contribution >= 0.6 is 0 Å². The number of fused-ring (bicyclic) bond motifs is 1. The van der Waals surface area contributed by atoms with Crippen molar-refractivity contribution in [2.24, 2.45) is 0 Å². The van der Waals surface area contributed by atoms with E-state index in [1.165, 1.54) is 0 Å². The van der Waals surface area contributed by atoms with Gasteiger partial charge in [-0.25, -0.2) is 9.78 Å². The van der Waals surface area contributed by atoms with E-state index in [0.29, 0.717) is 19.0 Å². The largest absolute Gasteiger partial charge is 0.447 e. The van der Waals surface area contributed by atoms with Gasteiger partial charge in [0.25, 0.3) is 0 Å². The molecule has 1 unspecified atom stereocenters. The molecular weight excluding hydrogens is 370 g/mol. The lowest BCUT2D eigenvalue weighted by molar-refractivity contribution is 0.178. The van der Waals surface area contributed by atoms with Crippen molar-refractivity contribution < 1.29 is 9.53 Å². The lowest BCUT2D eigenvalue weighted by Crippen LogP contribution is -2.34. The van der Waals surface area contributed by atoms with E-state index in [0.717, 1.165) is 45.7 Å². The first-order valence-corrected chi connectivity index (χ1v) is 10.00. The molecule has 3 aromatic heterocycles. The Labute approximate surface area is 169 Å². The van der Waals surface area contributed by atoms with Crippen LogP contribution in [0.1, 0.15) is 55.6 Å². The number of rotatable bonds is 6. The number of H-pyrrole nitrogens is 2. The zero-order chi connectivity index (χ0) is 20.7. The van der Waals surface area contributed by atoms with E-state index in [2.05, 4.69) is 46.5 Å². The molecule has 9 heteroatoms. The molecule has 1 amide bonds. The smallest absolute Gasteiger partial charge is 0.415 e. The molecule has 1 aliphatic heterocycles. The Balaban J connectivity index is 1.89. The van der Waals surface area contributed by atoms with Gasteiger partial charge < -0.3 is 10.1 Å². The fourth-order valence-electron chi connectivity index (χ4n) is 3.82. The maximum atomic E-state index is 12.6. The van der Waals surface area contributed by atoms with Gasteiger partial charge in [0.1, 0.15) is 23.5 Å². The molecular formula is C20H27N7O2. The van der Waals surface area contributed by atoms with E-state index in [9.17, 15) is 4.79 Å². The number of aryl methyl sites for hydroxylation is 2. The molecule has 0 radical (unpaired) electrons. The minimum atomic E-state index is -0.344. The molecule has 1 saturated heterocycles. The van der Waals surface area contributed by atoms with Crippen LogP contribution in [-0.2, 0) is 11.3 Å². The van der Waals surface area contributed by atoms with E-state index in [-0.39, 0.29) is 18.1 Å². The standard InChI is InChI=1S/C20H27N7O2/c1-6-14-9-29-20(28)27(14)19-15(10(2)3)17(18-16(23-19)12(5)25-26-18)21-7-13-8-22-24-11(13)4/h8,10,14H,6-7,9H2,1-5H3,(H,21,23)(H,22,24)(H,25,26). The van der Waals surface area contributed by atoms with E-state index >= 15 is 0 Å². The summed E-state index contributed by atoms with van der Waals surface area (Å²) in [4.78, 5) is 19.2. The summed E-state index contributed by atoms with van der Waals surface area (Å²) in [6, 6.07) is -0.0267. The van der Waals surface area contributed by atoms with Crippen LogP contribution < -0.4 is 10.2 Å². The van der Waals surface area contributed by atoms with Crippen molar-refractivity contribution in [3.63, 3.8) is 0 Å². The lowest BCUT2D eigenvalue weighted by atomic mass is 9.99. The highest BCUT2D eigenvalue weighted by molar-refractivity contribution is 5.98. The Kier molecular flexibility index (Phi) is 4.89. The number of hydrogen-bond donors (Lipinski definition) is 3. The number of pyridine rings is 1. The number of nitrogens with one attached hydrogen (secondary N) is 3. The van der Waals surface area contributed by atoms with Crippen LogP contribution in [0.5, 0.6) is 0 Å². The third-order valence-electron chi connectivity index (χ3n) is 5.51. The molecule has 3 N–H and O–H groups in total. The number of aromatic nitrogens is 5. The monoisotopic (exact) mass is 397 g/mol. The molecule has 29 heavy (non-hydrogen) atoms. The number of carbonyl (C=O) groups excluding carboxylic acids is 1. The molecule has 0 bridgehead atoms. The number of anilines is 2. The fraction of sp³-hybridized carbons (Fsp3) is 0.500. The first-order valence-electron chi connectivity index (χ1n) is 10.00. The summed E-state index contributed by atoms with van der Waals surface area (Å²) in [5.41, 5.74) is 6.26. The first kappa shape index (κ1) is 19.2. The van der Waals surface area contributed by atoms with Crippen LogP contribution in [0.3, 0.4) is 0 Å². The number of ether oxygens (including phenoxy) is 1. The van der Waals surface area contributed by atoms with Gasteiger partial charge in [0.05, 0.1) is 23.1 Å². The molecule has 4 rings (SSSR count). The first-order chi connectivity index (χ1) is 13.9. The summed E-state index contributed by atoms with van der Waals surface area (Å²) in [6.45, 7) is 11.1. The van der Waals surface area contributed by atoms with Gasteiger partial charge in [-0.05, 0) is 26.2 Å². The molecule has 9 nitrogen and oxygen atoms in total. The van der Waals surface area contributed by atoms with Crippen LogP contribution in [0.15, 0.2) is 6.20 Å². The zero-order valence-corrected chi connectivity index (χ0v) is 17.5.